The van der Waals surface area contributed by atoms with Crippen molar-refractivity contribution in [1.82, 2.24) is 10.3 Å². The second-order valence-corrected chi connectivity index (χ2v) is 4.04. The van der Waals surface area contributed by atoms with Gasteiger partial charge in [0.25, 0.3) is 0 Å². The second-order valence-electron chi connectivity index (χ2n) is 4.04. The summed E-state index contributed by atoms with van der Waals surface area (Å²) in [6.07, 6.45) is 0. The number of hydrogen-bond acceptors (Lipinski definition) is 6. The summed E-state index contributed by atoms with van der Waals surface area (Å²) in [4.78, 5) is 17.9. The maximum atomic E-state index is 11.8. The normalized spacial score (nSPS) is 19.6. The number of morpholine rings is 1. The summed E-state index contributed by atoms with van der Waals surface area (Å²) in [5, 5.41) is 2.62. The molecule has 0 radical (unpaired) electrons. The van der Waals surface area contributed by atoms with Crippen molar-refractivity contribution in [1.29, 1.82) is 0 Å². The molecule has 2 rings (SSSR count). The van der Waals surface area contributed by atoms with Crippen molar-refractivity contribution in [3.05, 3.63) is 12.1 Å². The molecular formula is C11H17N5O2. The van der Waals surface area contributed by atoms with E-state index < -0.39 is 0 Å². The van der Waals surface area contributed by atoms with Crippen LogP contribution in [-0.2, 0) is 9.53 Å². The molecule has 1 aromatic heterocycles. The minimum Gasteiger partial charge on any atom is -0.396 e. The fraction of sp³-hybridized carbons (Fsp3) is 0.455. The van der Waals surface area contributed by atoms with E-state index in [0.29, 0.717) is 31.3 Å². The third-order valence-electron chi connectivity index (χ3n) is 2.91. The lowest BCUT2D eigenvalue weighted by atomic mass is 10.2. The number of pyridine rings is 1. The van der Waals surface area contributed by atoms with Crippen molar-refractivity contribution in [3.63, 3.8) is 0 Å². The molecule has 5 N–H and O–H groups in total. The van der Waals surface area contributed by atoms with Crippen molar-refractivity contribution < 1.29 is 9.53 Å². The van der Waals surface area contributed by atoms with Crippen LogP contribution in [0.1, 0.15) is 0 Å². The van der Waals surface area contributed by atoms with Crippen LogP contribution < -0.4 is 21.7 Å². The SMILES string of the molecule is CNC(=O)C1COCCN1c1ccc(N)c(N)n1. The van der Waals surface area contributed by atoms with Crippen molar-refractivity contribution >= 4 is 23.2 Å². The molecule has 1 aromatic rings. The molecule has 0 spiro atoms. The number of rotatable bonds is 2. The Kier molecular flexibility index (Phi) is 3.52. The Hall–Kier alpha value is -2.02. The van der Waals surface area contributed by atoms with Gasteiger partial charge in [0.15, 0.2) is 0 Å². The largest absolute Gasteiger partial charge is 0.396 e. The van der Waals surface area contributed by atoms with Gasteiger partial charge in [0.05, 0.1) is 18.9 Å². The first kappa shape index (κ1) is 12.4. The van der Waals surface area contributed by atoms with Crippen molar-refractivity contribution in [3.8, 4) is 0 Å². The van der Waals surface area contributed by atoms with Crippen LogP contribution in [-0.4, -0.2) is 43.7 Å². The Morgan fingerprint density at radius 3 is 3.00 bits per heavy atom. The molecule has 0 saturated carbocycles. The topological polar surface area (TPSA) is 106 Å². The molecule has 2 heterocycles. The maximum Gasteiger partial charge on any atom is 0.244 e. The van der Waals surface area contributed by atoms with Gasteiger partial charge in [0.1, 0.15) is 17.7 Å². The lowest BCUT2D eigenvalue weighted by molar-refractivity contribution is -0.124. The fourth-order valence-corrected chi connectivity index (χ4v) is 1.90. The van der Waals surface area contributed by atoms with E-state index in [2.05, 4.69) is 10.3 Å². The zero-order valence-electron chi connectivity index (χ0n) is 10.2. The summed E-state index contributed by atoms with van der Waals surface area (Å²) in [6, 6.07) is 3.06. The molecule has 1 amide bonds. The van der Waals surface area contributed by atoms with Crippen LogP contribution >= 0.6 is 0 Å². The van der Waals surface area contributed by atoms with Gasteiger partial charge < -0.3 is 26.4 Å². The number of hydrogen-bond donors (Lipinski definition) is 3. The molecule has 1 atom stereocenters. The van der Waals surface area contributed by atoms with Crippen LogP contribution in [0.25, 0.3) is 0 Å². The number of nitrogens with zero attached hydrogens (tertiary/aromatic N) is 2. The molecule has 1 aliphatic rings. The highest BCUT2D eigenvalue weighted by atomic mass is 16.5. The predicted molar refractivity (Wildman–Crippen MR) is 69.1 cm³/mol. The standard InChI is InChI=1S/C11H17N5O2/c1-14-11(17)8-6-18-5-4-16(8)9-3-2-7(12)10(13)15-9/h2-3,8H,4-6,12H2,1H3,(H2,13,15)(H,14,17). The van der Waals surface area contributed by atoms with Gasteiger partial charge >= 0.3 is 0 Å². The molecule has 0 bridgehead atoms. The second kappa shape index (κ2) is 5.09. The van der Waals surface area contributed by atoms with Gasteiger partial charge in [-0.15, -0.1) is 0 Å². The third-order valence-corrected chi connectivity index (χ3v) is 2.91. The van der Waals surface area contributed by atoms with Crippen molar-refractivity contribution in [2.24, 2.45) is 0 Å². The molecule has 1 aliphatic heterocycles. The summed E-state index contributed by atoms with van der Waals surface area (Å²) in [6.45, 7) is 1.49. The van der Waals surface area contributed by atoms with Gasteiger partial charge in [-0.05, 0) is 12.1 Å². The maximum absolute atomic E-state index is 11.8. The number of nitrogens with two attached hydrogens (primary N) is 2. The van der Waals surface area contributed by atoms with E-state index in [1.165, 1.54) is 0 Å². The third kappa shape index (κ3) is 2.30. The quantitative estimate of drug-likeness (QED) is 0.635. The van der Waals surface area contributed by atoms with E-state index in [4.69, 9.17) is 16.2 Å². The molecule has 0 aliphatic carbocycles. The van der Waals surface area contributed by atoms with Crippen LogP contribution in [0.2, 0.25) is 0 Å². The molecule has 18 heavy (non-hydrogen) atoms. The van der Waals surface area contributed by atoms with Gasteiger partial charge in [-0.2, -0.15) is 0 Å². The Morgan fingerprint density at radius 1 is 1.56 bits per heavy atom. The minimum absolute atomic E-state index is 0.105. The van der Waals surface area contributed by atoms with Crippen molar-refractivity contribution in [2.45, 2.75) is 6.04 Å². The molecule has 7 nitrogen and oxygen atoms in total. The van der Waals surface area contributed by atoms with Gasteiger partial charge in [0.2, 0.25) is 5.91 Å². The van der Waals surface area contributed by atoms with E-state index in [1.54, 1.807) is 19.2 Å². The average Bonchev–Trinajstić information content (AvgIpc) is 2.41. The van der Waals surface area contributed by atoms with Gasteiger partial charge in [-0.1, -0.05) is 0 Å². The summed E-state index contributed by atoms with van der Waals surface area (Å²) < 4.78 is 5.32. The van der Waals surface area contributed by atoms with Gasteiger partial charge in [-0.3, -0.25) is 4.79 Å². The Bertz CT molecular complexity index is 451. The molecule has 0 aromatic carbocycles. The van der Waals surface area contributed by atoms with E-state index in [9.17, 15) is 4.79 Å². The van der Waals surface area contributed by atoms with Gasteiger partial charge in [-0.25, -0.2) is 4.98 Å². The number of amides is 1. The van der Waals surface area contributed by atoms with E-state index >= 15 is 0 Å². The molecule has 1 fully saturated rings. The summed E-state index contributed by atoms with van der Waals surface area (Å²) in [5.74, 6) is 0.806. The number of nitrogen functional groups attached to an aromatic ring is 2. The number of carbonyl (C=O) groups excluding carboxylic acids is 1. The van der Waals surface area contributed by atoms with E-state index in [-0.39, 0.29) is 17.8 Å². The van der Waals surface area contributed by atoms with E-state index in [0.717, 1.165) is 0 Å². The number of likely N-dealkylation sites (N-methyl/N-ethyl adjacent to an activating group) is 1. The number of aromatic nitrogens is 1. The zero-order valence-corrected chi connectivity index (χ0v) is 10.2. The lowest BCUT2D eigenvalue weighted by Gasteiger charge is -2.35. The summed E-state index contributed by atoms with van der Waals surface area (Å²) in [7, 11) is 1.60. The first-order valence-electron chi connectivity index (χ1n) is 5.71. The highest BCUT2D eigenvalue weighted by molar-refractivity contribution is 5.85. The minimum atomic E-state index is -0.390. The first-order chi connectivity index (χ1) is 8.63. The van der Waals surface area contributed by atoms with Gasteiger partial charge in [0, 0.05) is 13.6 Å². The number of ether oxygens (including phenoxy) is 1. The monoisotopic (exact) mass is 251 g/mol. The Labute approximate surface area is 105 Å². The summed E-state index contributed by atoms with van der Waals surface area (Å²) in [5.41, 5.74) is 11.7. The van der Waals surface area contributed by atoms with Crippen LogP contribution in [0, 0.1) is 0 Å². The van der Waals surface area contributed by atoms with Crippen LogP contribution in [0.4, 0.5) is 17.3 Å². The van der Waals surface area contributed by atoms with Crippen molar-refractivity contribution in [2.75, 3.05) is 43.2 Å². The fourth-order valence-electron chi connectivity index (χ4n) is 1.90. The first-order valence-corrected chi connectivity index (χ1v) is 5.71. The van der Waals surface area contributed by atoms with Crippen LogP contribution in [0.3, 0.4) is 0 Å². The molecule has 98 valence electrons. The number of carbonyl (C=O) groups is 1. The summed E-state index contributed by atoms with van der Waals surface area (Å²) >= 11 is 0. The van der Waals surface area contributed by atoms with Crippen LogP contribution in [0.15, 0.2) is 12.1 Å². The molecule has 7 heteroatoms. The van der Waals surface area contributed by atoms with E-state index in [1.807, 2.05) is 4.90 Å². The zero-order chi connectivity index (χ0) is 13.1. The number of anilines is 3. The Balaban J connectivity index is 2.27. The smallest absolute Gasteiger partial charge is 0.244 e. The lowest BCUT2D eigenvalue weighted by Crippen LogP contribution is -2.53. The average molecular weight is 251 g/mol. The predicted octanol–water partition coefficient (Wildman–Crippen LogP) is -0.803. The molecular weight excluding hydrogens is 234 g/mol. The molecule has 1 saturated heterocycles. The van der Waals surface area contributed by atoms with Crippen LogP contribution in [0.5, 0.6) is 0 Å². The highest BCUT2D eigenvalue weighted by Gasteiger charge is 2.29. The molecule has 1 unspecified atom stereocenters. The number of nitrogens with one attached hydrogen (secondary N) is 1. The Morgan fingerprint density at radius 2 is 2.33 bits per heavy atom. The highest BCUT2D eigenvalue weighted by Crippen LogP contribution is 2.21.